The summed E-state index contributed by atoms with van der Waals surface area (Å²) < 4.78 is 5.46. The first kappa shape index (κ1) is 11.2. The predicted octanol–water partition coefficient (Wildman–Crippen LogP) is 2.98. The molecule has 0 aliphatic rings. The van der Waals surface area contributed by atoms with Crippen LogP contribution in [-0.2, 0) is 0 Å². The number of nitriles is 1. The lowest BCUT2D eigenvalue weighted by Gasteiger charge is -2.08. The van der Waals surface area contributed by atoms with Gasteiger partial charge in [-0.2, -0.15) is 5.26 Å². The normalized spacial score (nSPS) is 9.65. The Kier molecular flexibility index (Phi) is 3.12. The number of hydrogen-bond acceptors (Lipinski definition) is 4. The van der Waals surface area contributed by atoms with E-state index in [1.165, 1.54) is 0 Å². The Morgan fingerprint density at radius 2 is 2.00 bits per heavy atom. The van der Waals surface area contributed by atoms with E-state index in [2.05, 4.69) is 4.98 Å². The number of nitrogens with two attached hydrogens (primary N) is 1. The molecule has 17 heavy (non-hydrogen) atoms. The molecule has 2 rings (SSSR count). The van der Waals surface area contributed by atoms with E-state index in [0.29, 0.717) is 16.5 Å². The summed E-state index contributed by atoms with van der Waals surface area (Å²) in [6.45, 7) is 0. The molecule has 0 aliphatic carbocycles. The van der Waals surface area contributed by atoms with E-state index < -0.39 is 0 Å². The number of halogens is 1. The summed E-state index contributed by atoms with van der Waals surface area (Å²) in [5.41, 5.74) is 6.43. The number of ether oxygens (including phenoxy) is 1. The topological polar surface area (TPSA) is 71.9 Å². The van der Waals surface area contributed by atoms with E-state index in [1.54, 1.807) is 36.4 Å². The second-order valence-electron chi connectivity index (χ2n) is 3.23. The standard InChI is InChI=1S/C12H8ClN3O/c13-9-4-2-5-10(15)12(9)17-11-6-1-3-8(7-14)16-11/h1-6H,15H2. The molecule has 0 unspecified atom stereocenters. The Hall–Kier alpha value is -2.25. The third-order valence-corrected chi connectivity index (χ3v) is 2.34. The van der Waals surface area contributed by atoms with Crippen molar-refractivity contribution in [1.82, 2.24) is 4.98 Å². The number of benzene rings is 1. The van der Waals surface area contributed by atoms with Gasteiger partial charge in [0.25, 0.3) is 0 Å². The highest BCUT2D eigenvalue weighted by Gasteiger charge is 2.08. The largest absolute Gasteiger partial charge is 0.435 e. The van der Waals surface area contributed by atoms with Crippen LogP contribution in [0.2, 0.25) is 5.02 Å². The van der Waals surface area contributed by atoms with Crippen molar-refractivity contribution in [3.63, 3.8) is 0 Å². The maximum atomic E-state index is 8.72. The highest BCUT2D eigenvalue weighted by atomic mass is 35.5. The minimum absolute atomic E-state index is 0.271. The Balaban J connectivity index is 2.35. The monoisotopic (exact) mass is 245 g/mol. The number of rotatable bonds is 2. The maximum absolute atomic E-state index is 8.72. The number of pyridine rings is 1. The molecular weight excluding hydrogens is 238 g/mol. The zero-order valence-electron chi connectivity index (χ0n) is 8.72. The van der Waals surface area contributed by atoms with Gasteiger partial charge in [-0.15, -0.1) is 0 Å². The average Bonchev–Trinajstić information content (AvgIpc) is 2.34. The van der Waals surface area contributed by atoms with Crippen molar-refractivity contribution in [2.75, 3.05) is 5.73 Å². The Bertz CT molecular complexity index is 572. The molecule has 0 amide bonds. The van der Waals surface area contributed by atoms with Crippen molar-refractivity contribution in [3.05, 3.63) is 47.1 Å². The van der Waals surface area contributed by atoms with Crippen LogP contribution in [0.3, 0.4) is 0 Å². The molecule has 1 aromatic heterocycles. The van der Waals surface area contributed by atoms with Gasteiger partial charge in [-0.25, -0.2) is 4.98 Å². The summed E-state index contributed by atoms with van der Waals surface area (Å²) in [5.74, 6) is 0.626. The molecule has 2 aromatic rings. The van der Waals surface area contributed by atoms with Gasteiger partial charge in [0.2, 0.25) is 5.88 Å². The first-order valence-electron chi connectivity index (χ1n) is 4.79. The van der Waals surface area contributed by atoms with Crippen LogP contribution in [0.15, 0.2) is 36.4 Å². The molecule has 84 valence electrons. The molecular formula is C12H8ClN3O. The van der Waals surface area contributed by atoms with Crippen molar-refractivity contribution in [3.8, 4) is 17.7 Å². The Morgan fingerprint density at radius 3 is 2.71 bits per heavy atom. The number of aromatic nitrogens is 1. The fourth-order valence-electron chi connectivity index (χ4n) is 1.27. The van der Waals surface area contributed by atoms with Crippen molar-refractivity contribution < 1.29 is 4.74 Å². The smallest absolute Gasteiger partial charge is 0.220 e. The molecule has 0 atom stereocenters. The van der Waals surface area contributed by atoms with Gasteiger partial charge in [0, 0.05) is 6.07 Å². The van der Waals surface area contributed by atoms with E-state index in [1.807, 2.05) is 6.07 Å². The van der Waals surface area contributed by atoms with Crippen molar-refractivity contribution in [2.45, 2.75) is 0 Å². The lowest BCUT2D eigenvalue weighted by molar-refractivity contribution is 0.465. The minimum atomic E-state index is 0.271. The molecule has 5 heteroatoms. The summed E-state index contributed by atoms with van der Waals surface area (Å²) in [4.78, 5) is 3.97. The van der Waals surface area contributed by atoms with Crippen LogP contribution in [0.5, 0.6) is 11.6 Å². The molecule has 1 aromatic carbocycles. The van der Waals surface area contributed by atoms with Gasteiger partial charge in [-0.05, 0) is 18.2 Å². The van der Waals surface area contributed by atoms with Crippen LogP contribution in [0.4, 0.5) is 5.69 Å². The molecule has 0 aliphatic heterocycles. The lowest BCUT2D eigenvalue weighted by Crippen LogP contribution is -1.95. The fourth-order valence-corrected chi connectivity index (χ4v) is 1.49. The summed E-state index contributed by atoms with van der Waals surface area (Å²) in [6.07, 6.45) is 0. The molecule has 0 fully saturated rings. The molecule has 0 spiro atoms. The summed E-state index contributed by atoms with van der Waals surface area (Å²) in [6, 6.07) is 11.9. The number of nitrogen functional groups attached to an aromatic ring is 1. The van der Waals surface area contributed by atoms with E-state index in [4.69, 9.17) is 27.3 Å². The van der Waals surface area contributed by atoms with E-state index >= 15 is 0 Å². The fraction of sp³-hybridized carbons (Fsp3) is 0. The second kappa shape index (κ2) is 4.73. The van der Waals surface area contributed by atoms with E-state index in [9.17, 15) is 0 Å². The van der Waals surface area contributed by atoms with Gasteiger partial charge in [0.15, 0.2) is 5.75 Å². The predicted molar refractivity (Wildman–Crippen MR) is 64.9 cm³/mol. The summed E-state index contributed by atoms with van der Waals surface area (Å²) in [7, 11) is 0. The first-order chi connectivity index (χ1) is 8.20. The molecule has 4 nitrogen and oxygen atoms in total. The van der Waals surface area contributed by atoms with Crippen LogP contribution in [0.1, 0.15) is 5.69 Å². The van der Waals surface area contributed by atoms with Gasteiger partial charge in [0.1, 0.15) is 11.8 Å². The van der Waals surface area contributed by atoms with Crippen LogP contribution >= 0.6 is 11.6 Å². The third kappa shape index (κ3) is 2.47. The molecule has 0 radical (unpaired) electrons. The van der Waals surface area contributed by atoms with Crippen molar-refractivity contribution >= 4 is 17.3 Å². The number of nitrogens with zero attached hydrogens (tertiary/aromatic N) is 2. The van der Waals surface area contributed by atoms with Gasteiger partial charge in [-0.1, -0.05) is 23.7 Å². The molecule has 1 heterocycles. The van der Waals surface area contributed by atoms with E-state index in [0.717, 1.165) is 0 Å². The Morgan fingerprint density at radius 1 is 1.24 bits per heavy atom. The average molecular weight is 246 g/mol. The second-order valence-corrected chi connectivity index (χ2v) is 3.64. The van der Waals surface area contributed by atoms with Gasteiger partial charge in [0.05, 0.1) is 10.7 Å². The molecule has 0 saturated carbocycles. The molecule has 0 saturated heterocycles. The highest BCUT2D eigenvalue weighted by molar-refractivity contribution is 6.32. The quantitative estimate of drug-likeness (QED) is 0.826. The molecule has 0 bridgehead atoms. The maximum Gasteiger partial charge on any atom is 0.220 e. The summed E-state index contributed by atoms with van der Waals surface area (Å²) >= 11 is 5.96. The van der Waals surface area contributed by atoms with Crippen LogP contribution < -0.4 is 10.5 Å². The zero-order valence-corrected chi connectivity index (χ0v) is 9.48. The van der Waals surface area contributed by atoms with Crippen LogP contribution in [0, 0.1) is 11.3 Å². The SMILES string of the molecule is N#Cc1cccc(Oc2c(N)cccc2Cl)n1. The lowest BCUT2D eigenvalue weighted by atomic mass is 10.3. The third-order valence-electron chi connectivity index (χ3n) is 2.04. The minimum Gasteiger partial charge on any atom is -0.435 e. The van der Waals surface area contributed by atoms with Gasteiger partial charge >= 0.3 is 0 Å². The van der Waals surface area contributed by atoms with E-state index in [-0.39, 0.29) is 11.6 Å². The van der Waals surface area contributed by atoms with Crippen molar-refractivity contribution in [1.29, 1.82) is 5.26 Å². The zero-order chi connectivity index (χ0) is 12.3. The number of para-hydroxylation sites is 1. The van der Waals surface area contributed by atoms with Gasteiger partial charge in [-0.3, -0.25) is 0 Å². The van der Waals surface area contributed by atoms with Crippen LogP contribution in [0.25, 0.3) is 0 Å². The van der Waals surface area contributed by atoms with Gasteiger partial charge < -0.3 is 10.5 Å². The summed E-state index contributed by atoms with van der Waals surface area (Å²) in [5, 5.41) is 9.12. The number of hydrogen-bond donors (Lipinski definition) is 1. The highest BCUT2D eigenvalue weighted by Crippen LogP contribution is 2.33. The van der Waals surface area contributed by atoms with Crippen LogP contribution in [-0.4, -0.2) is 4.98 Å². The first-order valence-corrected chi connectivity index (χ1v) is 5.17. The van der Waals surface area contributed by atoms with Crippen molar-refractivity contribution in [2.24, 2.45) is 0 Å². The number of anilines is 1. The molecule has 2 N–H and O–H groups in total. The Labute approximate surface area is 103 Å².